The molecule has 0 aliphatic rings. The Morgan fingerprint density at radius 1 is 1.00 bits per heavy atom. The number of methoxy groups -OCH3 is 3. The van der Waals surface area contributed by atoms with Gasteiger partial charge in [0, 0.05) is 24.0 Å². The van der Waals surface area contributed by atoms with E-state index in [-0.39, 0.29) is 17.1 Å². The number of rotatable bonds is 7. The van der Waals surface area contributed by atoms with E-state index in [1.54, 1.807) is 24.3 Å². The summed E-state index contributed by atoms with van der Waals surface area (Å²) in [6, 6.07) is 9.47. The minimum Gasteiger partial charge on any atom is -0.466 e. The molecule has 1 heterocycles. The van der Waals surface area contributed by atoms with E-state index in [0.717, 1.165) is 6.08 Å². The van der Waals surface area contributed by atoms with Crippen molar-refractivity contribution < 1.29 is 33.3 Å². The van der Waals surface area contributed by atoms with Gasteiger partial charge in [-0.25, -0.2) is 19.4 Å². The fourth-order valence-electron chi connectivity index (χ4n) is 2.06. The first-order valence-electron chi connectivity index (χ1n) is 7.94. The average Bonchev–Trinajstić information content (AvgIpc) is 2.72. The van der Waals surface area contributed by atoms with Crippen molar-refractivity contribution in [2.75, 3.05) is 26.6 Å². The van der Waals surface area contributed by atoms with Crippen LogP contribution < -0.4 is 10.1 Å². The number of nitrogens with zero attached hydrogens (tertiary/aromatic N) is 1. The van der Waals surface area contributed by atoms with Gasteiger partial charge in [-0.05, 0) is 18.2 Å². The lowest BCUT2D eigenvalue weighted by atomic mass is 10.2. The minimum absolute atomic E-state index is 0.114. The first-order valence-corrected chi connectivity index (χ1v) is 7.94. The van der Waals surface area contributed by atoms with Gasteiger partial charge in [-0.15, -0.1) is 0 Å². The molecule has 1 aromatic carbocycles. The molecule has 9 nitrogen and oxygen atoms in total. The molecule has 0 saturated heterocycles. The number of ether oxygens (including phenoxy) is 4. The summed E-state index contributed by atoms with van der Waals surface area (Å²) in [6.07, 6.45) is 2.39. The molecule has 0 unspecified atom stereocenters. The summed E-state index contributed by atoms with van der Waals surface area (Å²) >= 11 is 0. The number of nitrogens with one attached hydrogen (secondary N) is 1. The number of pyridine rings is 1. The van der Waals surface area contributed by atoms with Gasteiger partial charge < -0.3 is 24.3 Å². The van der Waals surface area contributed by atoms with E-state index in [0.29, 0.717) is 11.4 Å². The number of carbonyl (C=O) groups is 3. The van der Waals surface area contributed by atoms with Crippen molar-refractivity contribution in [1.29, 1.82) is 0 Å². The summed E-state index contributed by atoms with van der Waals surface area (Å²) in [5, 5.41) is 2.77. The topological polar surface area (TPSA) is 113 Å². The normalized spacial score (nSPS) is 10.6. The van der Waals surface area contributed by atoms with Gasteiger partial charge >= 0.3 is 17.9 Å². The first kappa shape index (κ1) is 20.4. The van der Waals surface area contributed by atoms with Gasteiger partial charge in [0.15, 0.2) is 0 Å². The molecule has 0 aliphatic heterocycles. The van der Waals surface area contributed by atoms with Crippen molar-refractivity contribution in [3.05, 3.63) is 59.9 Å². The number of aromatic nitrogens is 1. The SMILES string of the molecule is COC(=O)/C=C(/Nc1cccc(Oc2cc(C(=O)OC)ccn2)c1)C(=O)OC. The van der Waals surface area contributed by atoms with Gasteiger partial charge in [0.25, 0.3) is 0 Å². The highest BCUT2D eigenvalue weighted by molar-refractivity contribution is 5.98. The molecule has 0 radical (unpaired) electrons. The van der Waals surface area contributed by atoms with Gasteiger partial charge in [0.05, 0.1) is 33.0 Å². The molecule has 2 aromatic rings. The quantitative estimate of drug-likeness (QED) is 0.435. The summed E-state index contributed by atoms with van der Waals surface area (Å²) in [6.45, 7) is 0. The van der Waals surface area contributed by atoms with Crippen molar-refractivity contribution in [3.63, 3.8) is 0 Å². The average molecular weight is 386 g/mol. The fraction of sp³-hybridized carbons (Fsp3) is 0.158. The Morgan fingerprint density at radius 2 is 1.79 bits per heavy atom. The fourth-order valence-corrected chi connectivity index (χ4v) is 2.06. The predicted octanol–water partition coefficient (Wildman–Crippen LogP) is 2.30. The zero-order chi connectivity index (χ0) is 20.5. The maximum absolute atomic E-state index is 11.8. The van der Waals surface area contributed by atoms with Crippen LogP contribution in [-0.2, 0) is 23.8 Å². The molecule has 0 amide bonds. The van der Waals surface area contributed by atoms with Gasteiger partial charge in [-0.3, -0.25) is 0 Å². The zero-order valence-electron chi connectivity index (χ0n) is 15.4. The molecule has 0 saturated carbocycles. The lowest BCUT2D eigenvalue weighted by Crippen LogP contribution is -2.15. The van der Waals surface area contributed by atoms with Crippen LogP contribution in [0.4, 0.5) is 5.69 Å². The second-order valence-electron chi connectivity index (χ2n) is 5.20. The van der Waals surface area contributed by atoms with E-state index in [9.17, 15) is 14.4 Å². The highest BCUT2D eigenvalue weighted by Crippen LogP contribution is 2.24. The smallest absolute Gasteiger partial charge is 0.354 e. The number of carbonyl (C=O) groups excluding carboxylic acids is 3. The van der Waals surface area contributed by atoms with Crippen molar-refractivity contribution in [3.8, 4) is 11.6 Å². The van der Waals surface area contributed by atoms with Crippen LogP contribution in [0.25, 0.3) is 0 Å². The molecule has 0 atom stereocenters. The summed E-state index contributed by atoms with van der Waals surface area (Å²) in [5.74, 6) is -1.42. The molecule has 146 valence electrons. The first-order chi connectivity index (χ1) is 13.5. The second kappa shape index (κ2) is 9.72. The number of esters is 3. The number of hydrogen-bond donors (Lipinski definition) is 1. The van der Waals surface area contributed by atoms with E-state index in [4.69, 9.17) is 4.74 Å². The molecule has 0 spiro atoms. The van der Waals surface area contributed by atoms with Gasteiger partial charge in [0.2, 0.25) is 5.88 Å². The van der Waals surface area contributed by atoms with Crippen molar-refractivity contribution in [2.24, 2.45) is 0 Å². The van der Waals surface area contributed by atoms with Crippen molar-refractivity contribution in [2.45, 2.75) is 0 Å². The summed E-state index contributed by atoms with van der Waals surface area (Å²) in [5.41, 5.74) is 0.621. The van der Waals surface area contributed by atoms with E-state index in [2.05, 4.69) is 24.5 Å². The monoisotopic (exact) mass is 386 g/mol. The van der Waals surface area contributed by atoms with E-state index >= 15 is 0 Å². The lowest BCUT2D eigenvalue weighted by molar-refractivity contribution is -0.138. The predicted molar refractivity (Wildman–Crippen MR) is 97.8 cm³/mol. The summed E-state index contributed by atoms with van der Waals surface area (Å²) in [4.78, 5) is 38.9. The number of benzene rings is 1. The third kappa shape index (κ3) is 5.56. The third-order valence-electron chi connectivity index (χ3n) is 3.36. The molecule has 28 heavy (non-hydrogen) atoms. The van der Waals surface area contributed by atoms with E-state index in [1.807, 2.05) is 0 Å². The van der Waals surface area contributed by atoms with Crippen LogP contribution in [-0.4, -0.2) is 44.2 Å². The Hall–Kier alpha value is -3.88. The van der Waals surface area contributed by atoms with Crippen LogP contribution in [0.15, 0.2) is 54.4 Å². The highest BCUT2D eigenvalue weighted by Gasteiger charge is 2.13. The van der Waals surface area contributed by atoms with Crippen LogP contribution in [0, 0.1) is 0 Å². The second-order valence-corrected chi connectivity index (χ2v) is 5.20. The highest BCUT2D eigenvalue weighted by atomic mass is 16.5. The van der Waals surface area contributed by atoms with Crippen molar-refractivity contribution >= 4 is 23.6 Å². The molecule has 0 fully saturated rings. The largest absolute Gasteiger partial charge is 0.466 e. The Bertz CT molecular complexity index is 909. The molecule has 0 bridgehead atoms. The molecular formula is C19H18N2O7. The maximum Gasteiger partial charge on any atom is 0.354 e. The number of hydrogen-bond acceptors (Lipinski definition) is 9. The Morgan fingerprint density at radius 3 is 2.46 bits per heavy atom. The van der Waals surface area contributed by atoms with Crippen molar-refractivity contribution in [1.82, 2.24) is 4.98 Å². The Kier molecular flexibility index (Phi) is 7.09. The van der Waals surface area contributed by atoms with Crippen LogP contribution in [0.1, 0.15) is 10.4 Å². The standard InChI is InChI=1S/C19H18N2O7/c1-25-17(22)11-15(19(24)27-3)21-13-5-4-6-14(10-13)28-16-9-12(7-8-20-16)18(23)26-2/h4-11,21H,1-3H3/b15-11+. The number of anilines is 1. The zero-order valence-corrected chi connectivity index (χ0v) is 15.4. The van der Waals surface area contributed by atoms with Gasteiger partial charge in [0.1, 0.15) is 11.4 Å². The van der Waals surface area contributed by atoms with Crippen LogP contribution >= 0.6 is 0 Å². The molecule has 1 aromatic heterocycles. The maximum atomic E-state index is 11.8. The van der Waals surface area contributed by atoms with Gasteiger partial charge in [-0.2, -0.15) is 0 Å². The lowest BCUT2D eigenvalue weighted by Gasteiger charge is -2.11. The van der Waals surface area contributed by atoms with E-state index < -0.39 is 17.9 Å². The molecule has 1 N–H and O–H groups in total. The molecular weight excluding hydrogens is 368 g/mol. The molecule has 2 rings (SSSR count). The Labute approximate surface area is 160 Å². The van der Waals surface area contributed by atoms with Crippen LogP contribution in [0.2, 0.25) is 0 Å². The Balaban J connectivity index is 2.21. The van der Waals surface area contributed by atoms with Crippen LogP contribution in [0.3, 0.4) is 0 Å². The summed E-state index contributed by atoms with van der Waals surface area (Å²) in [7, 11) is 3.66. The van der Waals surface area contributed by atoms with E-state index in [1.165, 1.54) is 39.7 Å². The minimum atomic E-state index is -0.746. The molecule has 0 aliphatic carbocycles. The summed E-state index contributed by atoms with van der Waals surface area (Å²) < 4.78 is 19.5. The third-order valence-corrected chi connectivity index (χ3v) is 3.36. The van der Waals surface area contributed by atoms with Crippen LogP contribution in [0.5, 0.6) is 11.6 Å². The molecule has 9 heteroatoms. The van der Waals surface area contributed by atoms with Gasteiger partial charge in [-0.1, -0.05) is 6.07 Å².